The maximum absolute atomic E-state index is 14.0. The number of aliphatic carboxylic acids is 2. The molecule has 8 atom stereocenters. The van der Waals surface area contributed by atoms with Crippen LogP contribution in [0.5, 0.6) is 5.75 Å². The van der Waals surface area contributed by atoms with Crippen molar-refractivity contribution in [3.8, 4) is 5.75 Å². The van der Waals surface area contributed by atoms with Gasteiger partial charge in [0.2, 0.25) is 0 Å². The fourth-order valence-electron chi connectivity index (χ4n) is 9.03. The summed E-state index contributed by atoms with van der Waals surface area (Å²) in [5, 5.41) is 55.9. The molecular formula is C42H43N3O14. The SMILES string of the molecule is CN1CCC23c4c5ccc(CO)c4OC2C(OC(=O)C[C@H](NC(=O)[C@@H](O)c2ccccc2)C(=O)O)=CC[C@@]3(OC(=O)C[C@H](NC(=O)[C@@H](O)c2ccccc2)C(=O)O)[C@H]1C5. The number of carboxylic acid groups (broad SMARTS) is 2. The quantitative estimate of drug-likeness (QED) is 0.105. The summed E-state index contributed by atoms with van der Waals surface area (Å²) in [7, 11) is 1.85. The first-order chi connectivity index (χ1) is 28.2. The number of ether oxygens (including phenoxy) is 3. The highest BCUT2D eigenvalue weighted by Gasteiger charge is 2.74. The van der Waals surface area contributed by atoms with Crippen molar-refractivity contribution in [2.24, 2.45) is 0 Å². The number of carbonyl (C=O) groups is 6. The van der Waals surface area contributed by atoms with Gasteiger partial charge in [0.1, 0.15) is 29.2 Å². The molecule has 1 spiro atoms. The Morgan fingerprint density at radius 2 is 1.39 bits per heavy atom. The second-order valence-electron chi connectivity index (χ2n) is 15.1. The van der Waals surface area contributed by atoms with Crippen LogP contribution in [0, 0.1) is 0 Å². The van der Waals surface area contributed by atoms with E-state index in [1.807, 2.05) is 18.0 Å². The number of nitrogens with zero attached hydrogens (tertiary/aromatic N) is 1. The minimum Gasteiger partial charge on any atom is -0.481 e. The highest BCUT2D eigenvalue weighted by Crippen LogP contribution is 2.65. The van der Waals surface area contributed by atoms with E-state index < -0.39 is 103 Å². The van der Waals surface area contributed by atoms with Crippen molar-refractivity contribution in [3.05, 3.63) is 112 Å². The fraction of sp³-hybridized carbons (Fsp3) is 0.381. The number of carboxylic acids is 2. The number of rotatable bonds is 15. The third-order valence-corrected chi connectivity index (χ3v) is 11.8. The summed E-state index contributed by atoms with van der Waals surface area (Å²) in [4.78, 5) is 80.0. The summed E-state index contributed by atoms with van der Waals surface area (Å²) in [6.07, 6.45) is -4.18. The van der Waals surface area contributed by atoms with Crippen molar-refractivity contribution in [1.29, 1.82) is 0 Å². The normalized spacial score (nSPS) is 24.4. The number of likely N-dealkylation sites (N-methyl/N-ethyl adjacent to an activating group) is 1. The topological polar surface area (TPSA) is 259 Å². The van der Waals surface area contributed by atoms with E-state index in [2.05, 4.69) is 10.6 Å². The molecule has 0 aromatic heterocycles. The van der Waals surface area contributed by atoms with Crippen LogP contribution in [0.4, 0.5) is 0 Å². The standard InChI is InChI=1S/C42H43N3O14/c1-45-17-16-41-32-24-12-13-25(21-46)35(32)58-36(41)28(57-30(47)19-26(39(53)54)43-37(51)33(49)22-8-4-2-5-9-22)14-15-42(41,29(45)18-24)59-31(48)20-27(40(55)56)44-38(52)34(50)23-10-6-3-7-11-23/h2-14,26-27,29,33-34,36,46,49-50H,15-21H2,1H3,(H,43,51)(H,44,52)(H,53,54)(H,55,56)/t26-,27-,29+,33-,34-,36?,41?,42+/m0/s1. The zero-order valence-electron chi connectivity index (χ0n) is 31.8. The molecule has 4 aliphatic rings. The Hall–Kier alpha value is -6.14. The first-order valence-electron chi connectivity index (χ1n) is 19.0. The van der Waals surface area contributed by atoms with Crippen LogP contribution in [0.25, 0.3) is 0 Å². The van der Waals surface area contributed by atoms with E-state index in [4.69, 9.17) is 14.2 Å². The zero-order valence-corrected chi connectivity index (χ0v) is 31.8. The van der Waals surface area contributed by atoms with Crippen LogP contribution in [0.2, 0.25) is 0 Å². The molecule has 3 aromatic carbocycles. The minimum absolute atomic E-state index is 0.0247. The van der Waals surface area contributed by atoms with E-state index >= 15 is 0 Å². The van der Waals surface area contributed by atoms with Gasteiger partial charge in [0.15, 0.2) is 18.3 Å². The van der Waals surface area contributed by atoms with Gasteiger partial charge < -0.3 is 50.4 Å². The Morgan fingerprint density at radius 3 is 1.93 bits per heavy atom. The molecule has 7 N–H and O–H groups in total. The lowest BCUT2D eigenvalue weighted by Crippen LogP contribution is -2.75. The summed E-state index contributed by atoms with van der Waals surface area (Å²) < 4.78 is 18.9. The third-order valence-electron chi connectivity index (χ3n) is 11.8. The van der Waals surface area contributed by atoms with E-state index in [9.17, 15) is 54.3 Å². The predicted molar refractivity (Wildman–Crippen MR) is 202 cm³/mol. The van der Waals surface area contributed by atoms with Crippen LogP contribution in [0.15, 0.2) is 84.6 Å². The van der Waals surface area contributed by atoms with Gasteiger partial charge in [0.25, 0.3) is 11.8 Å². The van der Waals surface area contributed by atoms with E-state index in [0.29, 0.717) is 29.8 Å². The number of carbonyl (C=O) groups excluding carboxylic acids is 4. The maximum Gasteiger partial charge on any atom is 0.326 e. The van der Waals surface area contributed by atoms with Gasteiger partial charge in [-0.3, -0.25) is 24.1 Å². The van der Waals surface area contributed by atoms with Crippen LogP contribution in [0.1, 0.15) is 65.7 Å². The number of hydrogen-bond donors (Lipinski definition) is 7. The molecule has 3 aromatic rings. The van der Waals surface area contributed by atoms with Gasteiger partial charge in [-0.05, 0) is 49.2 Å². The van der Waals surface area contributed by atoms with Gasteiger partial charge in [0, 0.05) is 17.5 Å². The molecule has 2 aliphatic carbocycles. The number of piperidine rings is 1. The Kier molecular flexibility index (Phi) is 11.3. The fourth-order valence-corrected chi connectivity index (χ4v) is 9.03. The van der Waals surface area contributed by atoms with Crippen molar-refractivity contribution in [3.63, 3.8) is 0 Å². The summed E-state index contributed by atoms with van der Waals surface area (Å²) in [5.41, 5.74) is -0.435. The van der Waals surface area contributed by atoms with Gasteiger partial charge in [-0.25, -0.2) is 9.59 Å². The third kappa shape index (κ3) is 7.30. The molecule has 2 aliphatic heterocycles. The molecule has 2 unspecified atom stereocenters. The first kappa shape index (κ1) is 41.0. The number of benzene rings is 3. The lowest BCUT2D eigenvalue weighted by Gasteiger charge is -2.62. The number of aliphatic hydroxyl groups is 3. The Labute approximate surface area is 337 Å². The van der Waals surface area contributed by atoms with Crippen molar-refractivity contribution in [2.45, 2.75) is 86.2 Å². The summed E-state index contributed by atoms with van der Waals surface area (Å²) >= 11 is 0. The molecular weight excluding hydrogens is 770 g/mol. The van der Waals surface area contributed by atoms with Crippen molar-refractivity contribution in [2.75, 3.05) is 13.6 Å². The average Bonchev–Trinajstić information content (AvgIpc) is 3.58. The van der Waals surface area contributed by atoms with Crippen LogP contribution < -0.4 is 15.4 Å². The highest BCUT2D eigenvalue weighted by molar-refractivity contribution is 5.90. The number of esters is 2. The summed E-state index contributed by atoms with van der Waals surface area (Å²) in [5.74, 6) is -6.94. The highest BCUT2D eigenvalue weighted by atomic mass is 16.6. The number of likely N-dealkylation sites (tertiary alicyclic amines) is 1. The summed E-state index contributed by atoms with van der Waals surface area (Å²) in [6, 6.07) is 15.1. The van der Waals surface area contributed by atoms with Gasteiger partial charge in [-0.15, -0.1) is 0 Å². The molecule has 17 nitrogen and oxygen atoms in total. The molecule has 17 heteroatoms. The smallest absolute Gasteiger partial charge is 0.326 e. The molecule has 59 heavy (non-hydrogen) atoms. The van der Waals surface area contributed by atoms with Crippen molar-refractivity contribution < 1.29 is 68.5 Å². The molecule has 7 rings (SSSR count). The van der Waals surface area contributed by atoms with Gasteiger partial charge in [0.05, 0.1) is 30.9 Å². The van der Waals surface area contributed by atoms with E-state index in [0.717, 1.165) is 5.56 Å². The first-order valence-corrected chi connectivity index (χ1v) is 19.0. The average molecular weight is 814 g/mol. The zero-order chi connectivity index (χ0) is 42.2. The molecule has 0 radical (unpaired) electrons. The Balaban J connectivity index is 1.17. The van der Waals surface area contributed by atoms with Gasteiger partial charge in [-0.1, -0.05) is 72.8 Å². The lowest BCUT2D eigenvalue weighted by molar-refractivity contribution is -0.207. The summed E-state index contributed by atoms with van der Waals surface area (Å²) in [6.45, 7) is 0.0271. The molecule has 2 heterocycles. The van der Waals surface area contributed by atoms with Gasteiger partial charge >= 0.3 is 23.9 Å². The largest absolute Gasteiger partial charge is 0.481 e. The van der Waals surface area contributed by atoms with Crippen LogP contribution >= 0.6 is 0 Å². The second-order valence-corrected chi connectivity index (χ2v) is 15.1. The monoisotopic (exact) mass is 813 g/mol. The van der Waals surface area contributed by atoms with Crippen molar-refractivity contribution in [1.82, 2.24) is 15.5 Å². The molecule has 2 amide bonds. The molecule has 1 saturated heterocycles. The molecule has 2 bridgehead atoms. The van der Waals surface area contributed by atoms with Crippen LogP contribution in [-0.4, -0.2) is 110 Å². The van der Waals surface area contributed by atoms with Crippen LogP contribution in [0.3, 0.4) is 0 Å². The molecule has 1 fully saturated rings. The Morgan fingerprint density at radius 1 is 0.831 bits per heavy atom. The predicted octanol–water partition coefficient (Wildman–Crippen LogP) is 0.937. The maximum atomic E-state index is 14.0. The minimum atomic E-state index is -1.79. The van der Waals surface area contributed by atoms with E-state index in [-0.39, 0.29) is 29.7 Å². The van der Waals surface area contributed by atoms with Crippen LogP contribution in [-0.2, 0) is 56.7 Å². The Bertz CT molecular complexity index is 2200. The van der Waals surface area contributed by atoms with Gasteiger partial charge in [-0.2, -0.15) is 0 Å². The number of amides is 2. The van der Waals surface area contributed by atoms with E-state index in [1.165, 1.54) is 30.3 Å². The number of nitrogens with one attached hydrogen (secondary N) is 2. The number of hydrogen-bond acceptors (Lipinski definition) is 13. The second kappa shape index (κ2) is 16.2. The molecule has 310 valence electrons. The van der Waals surface area contributed by atoms with E-state index in [1.54, 1.807) is 42.5 Å². The van der Waals surface area contributed by atoms with Crippen molar-refractivity contribution >= 4 is 35.7 Å². The molecule has 0 saturated carbocycles. The number of aliphatic hydroxyl groups excluding tert-OH is 3. The lowest BCUT2D eigenvalue weighted by atomic mass is 9.50.